The van der Waals surface area contributed by atoms with Crippen molar-refractivity contribution in [3.8, 4) is 5.75 Å². The molecule has 0 N–H and O–H groups in total. The summed E-state index contributed by atoms with van der Waals surface area (Å²) >= 11 is 0. The predicted octanol–water partition coefficient (Wildman–Crippen LogP) is 3.90. The van der Waals surface area contributed by atoms with Crippen LogP contribution in [0.4, 0.5) is 0 Å². The van der Waals surface area contributed by atoms with Gasteiger partial charge in [0.15, 0.2) is 0 Å². The minimum Gasteiger partial charge on any atom is -0.496 e. The first-order valence-electron chi connectivity index (χ1n) is 7.44. The van der Waals surface area contributed by atoms with Gasteiger partial charge in [0.2, 0.25) is 0 Å². The van der Waals surface area contributed by atoms with Gasteiger partial charge in [0.25, 0.3) is 0 Å². The van der Waals surface area contributed by atoms with Crippen molar-refractivity contribution in [2.24, 2.45) is 0 Å². The quantitative estimate of drug-likeness (QED) is 0.835. The lowest BCUT2D eigenvalue weighted by atomic mass is 9.88. The van der Waals surface area contributed by atoms with E-state index in [1.54, 1.807) is 7.11 Å². The van der Waals surface area contributed by atoms with Gasteiger partial charge in [-0.2, -0.15) is 0 Å². The van der Waals surface area contributed by atoms with Crippen LogP contribution in [0.15, 0.2) is 60.2 Å². The summed E-state index contributed by atoms with van der Waals surface area (Å²) in [5, 5.41) is 4.47. The zero-order valence-electron chi connectivity index (χ0n) is 12.4. The second kappa shape index (κ2) is 6.59. The number of hydrogen-bond acceptors (Lipinski definition) is 1. The number of benzene rings is 2. The molecule has 0 unspecified atom stereocenters. The van der Waals surface area contributed by atoms with Crippen LogP contribution < -0.4 is 10.1 Å². The minimum atomic E-state index is 0.931. The summed E-state index contributed by atoms with van der Waals surface area (Å²) in [4.78, 5) is 0. The highest BCUT2D eigenvalue weighted by molar-refractivity contribution is 5.85. The summed E-state index contributed by atoms with van der Waals surface area (Å²) in [5.74, 6) is 0.936. The van der Waals surface area contributed by atoms with Crippen LogP contribution in [0.1, 0.15) is 24.0 Å². The first-order valence-corrected chi connectivity index (χ1v) is 7.44. The van der Waals surface area contributed by atoms with Gasteiger partial charge in [0, 0.05) is 18.7 Å². The second-order valence-electron chi connectivity index (χ2n) is 5.22. The average molecular weight is 278 g/mol. The summed E-state index contributed by atoms with van der Waals surface area (Å²) < 4.78 is 5.58. The van der Waals surface area contributed by atoms with Crippen molar-refractivity contribution in [2.75, 3.05) is 20.2 Å². The number of para-hydroxylation sites is 1. The van der Waals surface area contributed by atoms with Crippen LogP contribution >= 0.6 is 0 Å². The highest BCUT2D eigenvalue weighted by Gasteiger charge is 2.17. The van der Waals surface area contributed by atoms with Crippen molar-refractivity contribution in [1.29, 1.82) is 0 Å². The molecule has 2 nitrogen and oxygen atoms in total. The van der Waals surface area contributed by atoms with E-state index in [-0.39, 0.29) is 0 Å². The summed E-state index contributed by atoms with van der Waals surface area (Å²) in [7, 11) is 1.74. The molecule has 0 amide bonds. The topological polar surface area (TPSA) is 23.3 Å². The average Bonchev–Trinajstić information content (AvgIpc) is 2.58. The molecule has 1 heterocycles. The number of rotatable bonds is 3. The van der Waals surface area contributed by atoms with E-state index in [2.05, 4.69) is 47.8 Å². The predicted molar refractivity (Wildman–Crippen MR) is 86.6 cm³/mol. The molecule has 0 atom stereocenters. The largest absolute Gasteiger partial charge is 0.496 e. The first kappa shape index (κ1) is 13.9. The van der Waals surface area contributed by atoms with E-state index < -0.39 is 0 Å². The summed E-state index contributed by atoms with van der Waals surface area (Å²) in [5.41, 5.74) is 5.26. The van der Waals surface area contributed by atoms with Crippen molar-refractivity contribution in [2.45, 2.75) is 12.8 Å². The number of ether oxygens (including phenoxy) is 1. The molecule has 1 fully saturated rings. The van der Waals surface area contributed by atoms with Crippen molar-refractivity contribution < 1.29 is 4.74 Å². The molecule has 2 heteroatoms. The summed E-state index contributed by atoms with van der Waals surface area (Å²) in [6.45, 7) is 1.86. The second-order valence-corrected chi connectivity index (χ2v) is 5.22. The van der Waals surface area contributed by atoms with Gasteiger partial charge in [0.1, 0.15) is 5.75 Å². The van der Waals surface area contributed by atoms with Gasteiger partial charge in [0.05, 0.1) is 7.11 Å². The fraction of sp³-hybridized carbons (Fsp3) is 0.263. The van der Waals surface area contributed by atoms with Gasteiger partial charge in [-0.1, -0.05) is 54.1 Å². The Morgan fingerprint density at radius 2 is 1.57 bits per heavy atom. The third kappa shape index (κ3) is 3.01. The van der Waals surface area contributed by atoms with Crippen molar-refractivity contribution >= 4 is 5.57 Å². The van der Waals surface area contributed by atoms with E-state index in [0.717, 1.165) is 31.7 Å². The van der Waals surface area contributed by atoms with Crippen LogP contribution in [0, 0.1) is 0 Å². The van der Waals surface area contributed by atoms with E-state index >= 15 is 0 Å². The van der Waals surface area contributed by atoms with E-state index in [1.165, 1.54) is 22.3 Å². The maximum atomic E-state index is 5.58. The minimum absolute atomic E-state index is 0.931. The van der Waals surface area contributed by atoms with E-state index in [0.29, 0.717) is 0 Å². The maximum absolute atomic E-state index is 5.58. The van der Waals surface area contributed by atoms with Crippen molar-refractivity contribution in [1.82, 2.24) is 5.32 Å². The smallest absolute Gasteiger partial charge is 0.126 e. The van der Waals surface area contributed by atoms with E-state index in [9.17, 15) is 0 Å². The highest BCUT2D eigenvalue weighted by atomic mass is 16.5. The molecule has 1 aliphatic heterocycles. The third-order valence-electron chi connectivity index (χ3n) is 3.94. The Labute approximate surface area is 126 Å². The molecule has 3 rings (SSSR count). The van der Waals surface area contributed by atoms with Gasteiger partial charge in [-0.15, -0.1) is 0 Å². The summed E-state index contributed by atoms with van der Waals surface area (Å²) in [6, 6.07) is 18.9. The molecule has 0 saturated carbocycles. The first-order chi connectivity index (χ1) is 10.4. The van der Waals surface area contributed by atoms with Crippen LogP contribution in [0.5, 0.6) is 5.75 Å². The van der Waals surface area contributed by atoms with Gasteiger partial charge in [-0.05, 0) is 30.0 Å². The molecule has 0 spiro atoms. The van der Waals surface area contributed by atoms with E-state index in [1.807, 2.05) is 12.1 Å². The molecule has 0 aromatic heterocycles. The normalized spacial score (nSPS) is 14.8. The Kier molecular flexibility index (Phi) is 4.37. The van der Waals surface area contributed by atoms with Gasteiger partial charge < -0.3 is 4.74 Å². The monoisotopic (exact) mass is 278 g/mol. The number of methoxy groups -OCH3 is 1. The molecule has 1 radical (unpaired) electrons. The lowest BCUT2D eigenvalue weighted by molar-refractivity contribution is 0.413. The van der Waals surface area contributed by atoms with Gasteiger partial charge >= 0.3 is 0 Å². The SMILES string of the molecule is COc1ccccc1C(=C1CC[N]CC1)c1ccccc1. The zero-order chi connectivity index (χ0) is 14.5. The van der Waals surface area contributed by atoms with Crippen LogP contribution in [-0.2, 0) is 0 Å². The molecular formula is C19H20NO. The fourth-order valence-corrected chi connectivity index (χ4v) is 2.92. The van der Waals surface area contributed by atoms with Gasteiger partial charge in [-0.3, -0.25) is 0 Å². The Bertz CT molecular complexity index is 623. The van der Waals surface area contributed by atoms with Crippen LogP contribution in [0.3, 0.4) is 0 Å². The zero-order valence-corrected chi connectivity index (χ0v) is 12.4. The van der Waals surface area contributed by atoms with Crippen LogP contribution in [-0.4, -0.2) is 20.2 Å². The molecule has 2 aromatic rings. The number of hydrogen-bond donors (Lipinski definition) is 0. The Hall–Kier alpha value is -2.06. The third-order valence-corrected chi connectivity index (χ3v) is 3.94. The lowest BCUT2D eigenvalue weighted by Crippen LogP contribution is -2.17. The Morgan fingerprint density at radius 3 is 2.29 bits per heavy atom. The molecule has 2 aromatic carbocycles. The van der Waals surface area contributed by atoms with Crippen molar-refractivity contribution in [3.63, 3.8) is 0 Å². The van der Waals surface area contributed by atoms with Crippen LogP contribution in [0.2, 0.25) is 0 Å². The number of piperidine rings is 1. The van der Waals surface area contributed by atoms with E-state index in [4.69, 9.17) is 4.74 Å². The fourth-order valence-electron chi connectivity index (χ4n) is 2.92. The molecule has 21 heavy (non-hydrogen) atoms. The Balaban J connectivity index is 2.17. The highest BCUT2D eigenvalue weighted by Crippen LogP contribution is 2.35. The molecule has 1 saturated heterocycles. The molecular weight excluding hydrogens is 258 g/mol. The molecule has 0 bridgehead atoms. The Morgan fingerprint density at radius 1 is 0.905 bits per heavy atom. The molecule has 107 valence electrons. The van der Waals surface area contributed by atoms with Crippen molar-refractivity contribution in [3.05, 3.63) is 71.3 Å². The standard InChI is InChI=1S/C19H20NO/c1-21-18-10-6-5-9-17(18)19(15-7-3-2-4-8-15)16-11-13-20-14-12-16/h2-10H,11-14H2,1H3. The number of nitrogens with zero attached hydrogens (tertiary/aromatic N) is 1. The molecule has 0 aliphatic carbocycles. The lowest BCUT2D eigenvalue weighted by Gasteiger charge is -2.21. The molecule has 1 aliphatic rings. The van der Waals surface area contributed by atoms with Gasteiger partial charge in [-0.25, -0.2) is 5.32 Å². The maximum Gasteiger partial charge on any atom is 0.126 e. The summed E-state index contributed by atoms with van der Waals surface area (Å²) in [6.07, 6.45) is 2.09. The van der Waals surface area contributed by atoms with Crippen LogP contribution in [0.25, 0.3) is 5.57 Å².